The van der Waals surface area contributed by atoms with Gasteiger partial charge in [0.05, 0.1) is 33.1 Å². The van der Waals surface area contributed by atoms with Gasteiger partial charge < -0.3 is 55.9 Å². The summed E-state index contributed by atoms with van der Waals surface area (Å²) in [6.45, 7) is 25.8. The van der Waals surface area contributed by atoms with Gasteiger partial charge in [0.15, 0.2) is 0 Å². The zero-order valence-electron chi connectivity index (χ0n) is 56.7. The Morgan fingerprint density at radius 3 is 0.536 bits per heavy atom. The molecule has 0 N–H and O–H groups in total. The van der Waals surface area contributed by atoms with Crippen molar-refractivity contribution in [2.24, 2.45) is 0 Å². The largest absolute Gasteiger partial charge is 3.00 e. The van der Waals surface area contributed by atoms with Gasteiger partial charge in [-0.25, -0.2) is 0 Å². The number of aromatic nitrogens is 6. The summed E-state index contributed by atoms with van der Waals surface area (Å²) in [7, 11) is 0. The molecule has 0 spiro atoms. The summed E-state index contributed by atoms with van der Waals surface area (Å²) in [5.41, 5.74) is 11.2. The van der Waals surface area contributed by atoms with Gasteiger partial charge in [0, 0.05) is 76.8 Å². The van der Waals surface area contributed by atoms with Gasteiger partial charge in [-0.15, -0.1) is 73.4 Å². The summed E-state index contributed by atoms with van der Waals surface area (Å²) < 4.78 is 14.5. The second-order valence-corrected chi connectivity index (χ2v) is 21.4. The van der Waals surface area contributed by atoms with Gasteiger partial charge in [0.1, 0.15) is 0 Å². The number of fused-ring (bicyclic) bond motifs is 6. The fraction of sp³-hybridized carbons (Fsp3) is 0.308. The minimum atomic E-state index is 0. The molecule has 0 aliphatic heterocycles. The first-order valence-corrected chi connectivity index (χ1v) is 33.2. The molecule has 0 aliphatic carbocycles. The van der Waals surface area contributed by atoms with E-state index in [4.69, 9.17) is 46.1 Å². The Kier molecular flexibility index (Phi) is 35.9. The van der Waals surface area contributed by atoms with Crippen LogP contribution in [0.25, 0.3) is 97.3 Å². The van der Waals surface area contributed by atoms with Crippen molar-refractivity contribution < 1.29 is 47.8 Å². The molecular formula is C78H90Co2N14O3. The fourth-order valence-corrected chi connectivity index (χ4v) is 10.4. The predicted molar refractivity (Wildman–Crippen MR) is 397 cm³/mol. The summed E-state index contributed by atoms with van der Waals surface area (Å²) in [6.07, 6.45) is 10.9. The normalized spacial score (nSPS) is 10.6. The van der Waals surface area contributed by atoms with Crippen molar-refractivity contribution in [3.63, 3.8) is 0 Å². The Morgan fingerprint density at radius 1 is 0.237 bits per heavy atom. The molecule has 6 aromatic carbocycles. The molecule has 0 unspecified atom stereocenters. The van der Waals surface area contributed by atoms with Crippen LogP contribution >= 0.6 is 0 Å². The quantitative estimate of drug-likeness (QED) is 0.0415. The molecule has 12 rings (SSSR count). The van der Waals surface area contributed by atoms with Crippen LogP contribution in [0.5, 0.6) is 0 Å². The van der Waals surface area contributed by atoms with E-state index in [-0.39, 0.29) is 33.6 Å². The Hall–Kier alpha value is -8.61. The maximum Gasteiger partial charge on any atom is 3.00 e. The topological polar surface area (TPSA) is 196 Å². The van der Waals surface area contributed by atoms with Crippen molar-refractivity contribution in [1.82, 2.24) is 39.7 Å². The number of rotatable bonds is 30. The van der Waals surface area contributed by atoms with Crippen molar-refractivity contribution in [2.45, 2.75) is 41.5 Å². The van der Waals surface area contributed by atoms with Crippen molar-refractivity contribution in [2.75, 3.05) is 118 Å². The Balaban J connectivity index is 0.000000249. The van der Waals surface area contributed by atoms with Crippen LogP contribution in [-0.2, 0) is 47.8 Å². The molecule has 0 saturated carbocycles. The molecule has 0 atom stereocenters. The first-order valence-electron chi connectivity index (χ1n) is 33.2. The van der Waals surface area contributed by atoms with Gasteiger partial charge >= 0.3 is 33.6 Å². The molecule has 12 aromatic rings. The molecule has 17 nitrogen and oxygen atoms in total. The molecular weight excluding hydrogens is 1300 g/mol. The van der Waals surface area contributed by atoms with Gasteiger partial charge in [0.25, 0.3) is 0 Å². The second kappa shape index (κ2) is 45.0. The van der Waals surface area contributed by atoms with Crippen LogP contribution in [0.4, 0.5) is 34.1 Å². The molecule has 0 saturated heterocycles. The van der Waals surface area contributed by atoms with Gasteiger partial charge in [-0.05, 0) is 150 Å². The minimum Gasteiger partial charge on any atom is -0.682 e. The number of hydrogen-bond acceptors (Lipinski definition) is 11. The molecule has 6 heterocycles. The van der Waals surface area contributed by atoms with Crippen LogP contribution in [0, 0.1) is 0 Å². The first kappa shape index (κ1) is 77.4. The monoisotopic (exact) mass is 1390 g/mol. The van der Waals surface area contributed by atoms with E-state index in [0.717, 1.165) is 178 Å². The number of benzene rings is 6. The van der Waals surface area contributed by atoms with Crippen LogP contribution < -0.4 is 0 Å². The standard InChI is InChI=1S/2C33H30N7.3C4H10O.2Co/c2*1-7-25-10-4-16-37-31(25)28(13-1)34-19-22-40(23-20-35-29-14-2-8-26-11-5-17-38-32(26)29)24-21-36-30-15-3-9-27-12-6-18-39-33(27)30;3*1-3-5-4-2;;/h2*1-18H,19-24H2;3*3-4H2,1-2H3;;/q2*-3;;;;2*+3. The average Bonchev–Trinajstić information content (AvgIpc) is 1.51. The van der Waals surface area contributed by atoms with E-state index < -0.39 is 0 Å². The summed E-state index contributed by atoms with van der Waals surface area (Å²) in [5, 5.41) is 36.0. The first-order chi connectivity index (χ1) is 46.9. The third-order valence-electron chi connectivity index (χ3n) is 15.1. The smallest absolute Gasteiger partial charge is 0.682 e. The number of para-hydroxylation sites is 6. The molecule has 97 heavy (non-hydrogen) atoms. The SMILES string of the molecule is CCOCC.CCOCC.CCOCC.[Co+3].[Co+3].c1cnc2c([N-]CCN(CC[N-]c3cccc4cccnc34)CC[N-]c3cccc4cccnc34)cccc2c1.c1cnc2c([N-]CCN(CC[N-]c3cccc4cccnc34)CC[N-]c3cccc4cccnc34)cccc2c1. The average molecular weight is 1390 g/mol. The van der Waals surface area contributed by atoms with E-state index in [1.807, 2.05) is 188 Å². The van der Waals surface area contributed by atoms with Gasteiger partial charge in [-0.1, -0.05) is 146 Å². The fourth-order valence-electron chi connectivity index (χ4n) is 10.4. The summed E-state index contributed by atoms with van der Waals surface area (Å²) in [6, 6.07) is 61.0. The molecule has 508 valence electrons. The summed E-state index contributed by atoms with van der Waals surface area (Å²) in [4.78, 5) is 32.0. The van der Waals surface area contributed by atoms with Crippen LogP contribution in [0.3, 0.4) is 0 Å². The Bertz CT molecular complexity index is 3440. The van der Waals surface area contributed by atoms with E-state index in [1.165, 1.54) is 0 Å². The van der Waals surface area contributed by atoms with Crippen molar-refractivity contribution in [1.29, 1.82) is 0 Å². The molecule has 0 radical (unpaired) electrons. The van der Waals surface area contributed by atoms with Crippen LogP contribution in [0.1, 0.15) is 41.5 Å². The van der Waals surface area contributed by atoms with Crippen LogP contribution in [-0.4, -0.2) is 158 Å². The number of ether oxygens (including phenoxy) is 3. The summed E-state index contributed by atoms with van der Waals surface area (Å²) >= 11 is 0. The second-order valence-electron chi connectivity index (χ2n) is 21.4. The maximum atomic E-state index is 4.90. The maximum absolute atomic E-state index is 4.90. The minimum absolute atomic E-state index is 0. The predicted octanol–water partition coefficient (Wildman–Crippen LogP) is 19.2. The zero-order valence-corrected chi connectivity index (χ0v) is 58.7. The number of nitrogens with zero attached hydrogens (tertiary/aromatic N) is 14. The van der Waals surface area contributed by atoms with Crippen LogP contribution in [0.15, 0.2) is 219 Å². The van der Waals surface area contributed by atoms with Gasteiger partial charge in [0.2, 0.25) is 0 Å². The van der Waals surface area contributed by atoms with Crippen molar-refractivity contribution >= 4 is 99.5 Å². The van der Waals surface area contributed by atoms with Crippen LogP contribution in [0.2, 0.25) is 0 Å². The van der Waals surface area contributed by atoms with E-state index >= 15 is 0 Å². The van der Waals surface area contributed by atoms with Gasteiger partial charge in [-0.3, -0.25) is 29.9 Å². The van der Waals surface area contributed by atoms with Crippen molar-refractivity contribution in [3.05, 3.63) is 251 Å². The molecule has 0 amide bonds. The van der Waals surface area contributed by atoms with E-state index in [9.17, 15) is 0 Å². The number of pyridine rings is 6. The molecule has 0 bridgehead atoms. The third-order valence-corrected chi connectivity index (χ3v) is 15.1. The van der Waals surface area contributed by atoms with E-state index in [0.29, 0.717) is 39.3 Å². The van der Waals surface area contributed by atoms with E-state index in [1.54, 1.807) is 0 Å². The molecule has 0 aliphatic rings. The third kappa shape index (κ3) is 25.1. The summed E-state index contributed by atoms with van der Waals surface area (Å²) in [5.74, 6) is 0. The Morgan fingerprint density at radius 2 is 0.392 bits per heavy atom. The number of hydrogen-bond donors (Lipinski definition) is 0. The molecule has 0 fully saturated rings. The van der Waals surface area contributed by atoms with E-state index in [2.05, 4.69) is 113 Å². The Labute approximate surface area is 594 Å². The molecule has 6 aromatic heterocycles. The zero-order chi connectivity index (χ0) is 66.3. The van der Waals surface area contributed by atoms with Crippen molar-refractivity contribution in [3.8, 4) is 0 Å². The van der Waals surface area contributed by atoms with Gasteiger partial charge in [-0.2, -0.15) is 0 Å². The molecule has 19 heteroatoms.